The summed E-state index contributed by atoms with van der Waals surface area (Å²) in [5.74, 6) is 1.17. The van der Waals surface area contributed by atoms with Crippen molar-refractivity contribution in [3.8, 4) is 11.5 Å². The number of thiazole rings is 1. The third kappa shape index (κ3) is 3.87. The Morgan fingerprint density at radius 1 is 1.25 bits per heavy atom. The summed E-state index contributed by atoms with van der Waals surface area (Å²) in [7, 11) is 3.18. The van der Waals surface area contributed by atoms with Crippen LogP contribution in [0.15, 0.2) is 36.5 Å². The van der Waals surface area contributed by atoms with Crippen molar-refractivity contribution in [3.05, 3.63) is 36.5 Å². The smallest absolute Gasteiger partial charge is 0.229 e. The molecule has 1 amide bonds. The van der Waals surface area contributed by atoms with Gasteiger partial charge < -0.3 is 19.7 Å². The highest BCUT2D eigenvalue weighted by molar-refractivity contribution is 7.21. The summed E-state index contributed by atoms with van der Waals surface area (Å²) >= 11 is 1.57. The van der Waals surface area contributed by atoms with E-state index in [1.54, 1.807) is 50.0 Å². The van der Waals surface area contributed by atoms with Crippen molar-refractivity contribution in [2.24, 2.45) is 5.92 Å². The summed E-state index contributed by atoms with van der Waals surface area (Å²) in [5, 5.41) is 3.93. The molecule has 0 bridgehead atoms. The van der Waals surface area contributed by atoms with Crippen LogP contribution in [-0.2, 0) is 4.79 Å². The third-order valence-corrected chi connectivity index (χ3v) is 5.88. The molecule has 1 aliphatic rings. The fourth-order valence-electron chi connectivity index (χ4n) is 3.38. The Bertz CT molecular complexity index is 935. The molecule has 0 spiro atoms. The number of methoxy groups -OCH3 is 2. The first-order valence-corrected chi connectivity index (χ1v) is 9.98. The molecule has 1 fully saturated rings. The van der Waals surface area contributed by atoms with Crippen LogP contribution in [0.2, 0.25) is 0 Å². The zero-order valence-electron chi connectivity index (χ0n) is 15.8. The number of carbonyl (C=O) groups excluding carboxylic acids is 1. The van der Waals surface area contributed by atoms with Crippen LogP contribution in [0.4, 0.5) is 10.8 Å². The second-order valence-corrected chi connectivity index (χ2v) is 7.66. The normalized spacial score (nSPS) is 16.8. The molecule has 3 aromatic rings. The number of piperidine rings is 1. The Morgan fingerprint density at radius 3 is 2.75 bits per heavy atom. The summed E-state index contributed by atoms with van der Waals surface area (Å²) in [4.78, 5) is 25.0. The predicted octanol–water partition coefficient (Wildman–Crippen LogP) is 3.56. The van der Waals surface area contributed by atoms with Gasteiger partial charge in [0, 0.05) is 43.2 Å². The Morgan fingerprint density at radius 2 is 2.04 bits per heavy atom. The Kier molecular flexibility index (Phi) is 5.29. The molecule has 7 nitrogen and oxygen atoms in total. The molecule has 4 rings (SSSR count). The molecule has 1 atom stereocenters. The van der Waals surface area contributed by atoms with Gasteiger partial charge in [-0.1, -0.05) is 11.3 Å². The van der Waals surface area contributed by atoms with Gasteiger partial charge >= 0.3 is 0 Å². The van der Waals surface area contributed by atoms with Gasteiger partial charge in [0.1, 0.15) is 21.8 Å². The number of anilines is 2. The minimum Gasteiger partial charge on any atom is -0.497 e. The third-order valence-electron chi connectivity index (χ3n) is 4.84. The number of nitrogens with one attached hydrogen (secondary N) is 1. The molecule has 0 radical (unpaired) electrons. The van der Waals surface area contributed by atoms with E-state index in [-0.39, 0.29) is 11.8 Å². The molecule has 0 aliphatic carbocycles. The number of carbonyl (C=O) groups is 1. The lowest BCUT2D eigenvalue weighted by molar-refractivity contribution is -0.120. The maximum absolute atomic E-state index is 12.9. The summed E-state index contributed by atoms with van der Waals surface area (Å²) in [6.45, 7) is 1.54. The molecule has 8 heteroatoms. The van der Waals surface area contributed by atoms with Crippen molar-refractivity contribution in [1.29, 1.82) is 0 Å². The maximum atomic E-state index is 12.9. The molecule has 1 unspecified atom stereocenters. The summed E-state index contributed by atoms with van der Waals surface area (Å²) in [6, 6.07) is 9.22. The lowest BCUT2D eigenvalue weighted by Gasteiger charge is -2.31. The highest BCUT2D eigenvalue weighted by Gasteiger charge is 2.27. The van der Waals surface area contributed by atoms with E-state index in [1.807, 2.05) is 12.1 Å². The zero-order valence-corrected chi connectivity index (χ0v) is 16.7. The van der Waals surface area contributed by atoms with Gasteiger partial charge in [0.05, 0.1) is 20.1 Å². The Hall–Kier alpha value is -2.87. The number of nitrogens with zero attached hydrogens (tertiary/aromatic N) is 3. The molecular formula is C20H22N4O3S. The van der Waals surface area contributed by atoms with Gasteiger partial charge in [0.15, 0.2) is 5.13 Å². The number of rotatable bonds is 5. The molecule has 1 aromatic carbocycles. The van der Waals surface area contributed by atoms with Gasteiger partial charge in [-0.25, -0.2) is 9.97 Å². The molecule has 1 aliphatic heterocycles. The van der Waals surface area contributed by atoms with Gasteiger partial charge in [0.25, 0.3) is 0 Å². The van der Waals surface area contributed by atoms with Crippen molar-refractivity contribution >= 4 is 38.4 Å². The molecule has 3 heterocycles. The molecule has 1 N–H and O–H groups in total. The number of fused-ring (bicyclic) bond motifs is 1. The van der Waals surface area contributed by atoms with Crippen LogP contribution < -0.4 is 19.7 Å². The van der Waals surface area contributed by atoms with Crippen molar-refractivity contribution in [2.45, 2.75) is 12.8 Å². The van der Waals surface area contributed by atoms with Crippen LogP contribution in [0, 0.1) is 5.92 Å². The Balaban J connectivity index is 1.47. The first kappa shape index (κ1) is 18.5. The van der Waals surface area contributed by atoms with E-state index in [2.05, 4.69) is 20.2 Å². The molecule has 0 saturated carbocycles. The lowest BCUT2D eigenvalue weighted by Crippen LogP contribution is -2.40. The average molecular weight is 398 g/mol. The van der Waals surface area contributed by atoms with Gasteiger partial charge in [-0.3, -0.25) is 4.79 Å². The number of benzene rings is 1. The predicted molar refractivity (Wildman–Crippen MR) is 111 cm³/mol. The average Bonchev–Trinajstić information content (AvgIpc) is 3.18. The van der Waals surface area contributed by atoms with Gasteiger partial charge in [0.2, 0.25) is 5.91 Å². The number of hydrogen-bond acceptors (Lipinski definition) is 7. The molecule has 1 saturated heterocycles. The lowest BCUT2D eigenvalue weighted by atomic mass is 9.97. The van der Waals surface area contributed by atoms with E-state index < -0.39 is 0 Å². The SMILES string of the molecule is COc1cc(NC(=O)C2CCCN(c3nc4cccnc4s3)C2)cc(OC)c1. The van der Waals surface area contributed by atoms with Crippen LogP contribution >= 0.6 is 11.3 Å². The van der Waals surface area contributed by atoms with Gasteiger partial charge in [-0.2, -0.15) is 0 Å². The summed E-state index contributed by atoms with van der Waals surface area (Å²) in [6.07, 6.45) is 3.58. The number of amides is 1. The molecule has 146 valence electrons. The van der Waals surface area contributed by atoms with E-state index in [0.29, 0.717) is 23.7 Å². The standard InChI is InChI=1S/C20H22N4O3S/c1-26-15-9-14(10-16(11-15)27-2)22-18(25)13-5-4-8-24(12-13)20-23-17-6-3-7-21-19(17)28-20/h3,6-7,9-11,13H,4-5,8,12H2,1-2H3,(H,22,25). The Labute approximate surface area is 167 Å². The van der Waals surface area contributed by atoms with Crippen LogP contribution in [-0.4, -0.2) is 43.2 Å². The van der Waals surface area contributed by atoms with Crippen molar-refractivity contribution < 1.29 is 14.3 Å². The fraction of sp³-hybridized carbons (Fsp3) is 0.350. The van der Waals surface area contributed by atoms with Crippen molar-refractivity contribution in [3.63, 3.8) is 0 Å². The number of ether oxygens (including phenoxy) is 2. The minimum absolute atomic E-state index is 0.000702. The summed E-state index contributed by atoms with van der Waals surface area (Å²) < 4.78 is 10.6. The molecule has 2 aromatic heterocycles. The van der Waals surface area contributed by atoms with Crippen molar-refractivity contribution in [1.82, 2.24) is 9.97 Å². The quantitative estimate of drug-likeness (QED) is 0.708. The second kappa shape index (κ2) is 8.02. The second-order valence-electron chi connectivity index (χ2n) is 6.70. The van der Waals surface area contributed by atoms with Gasteiger partial charge in [-0.05, 0) is 25.0 Å². The minimum atomic E-state index is -0.106. The number of aromatic nitrogens is 2. The summed E-state index contributed by atoms with van der Waals surface area (Å²) in [5.41, 5.74) is 1.57. The van der Waals surface area contributed by atoms with Crippen LogP contribution in [0.3, 0.4) is 0 Å². The molecule has 28 heavy (non-hydrogen) atoms. The highest BCUT2D eigenvalue weighted by Crippen LogP contribution is 2.31. The van der Waals surface area contributed by atoms with E-state index in [4.69, 9.17) is 9.47 Å². The van der Waals surface area contributed by atoms with E-state index >= 15 is 0 Å². The topological polar surface area (TPSA) is 76.6 Å². The number of hydrogen-bond donors (Lipinski definition) is 1. The van der Waals surface area contributed by atoms with Crippen LogP contribution in [0.25, 0.3) is 10.3 Å². The van der Waals surface area contributed by atoms with E-state index in [1.165, 1.54) is 0 Å². The first-order valence-electron chi connectivity index (χ1n) is 9.16. The van der Waals surface area contributed by atoms with Gasteiger partial charge in [-0.15, -0.1) is 0 Å². The highest BCUT2D eigenvalue weighted by atomic mass is 32.1. The van der Waals surface area contributed by atoms with Crippen LogP contribution in [0.5, 0.6) is 11.5 Å². The first-order chi connectivity index (χ1) is 13.7. The number of pyridine rings is 1. The van der Waals surface area contributed by atoms with Crippen molar-refractivity contribution in [2.75, 3.05) is 37.5 Å². The zero-order chi connectivity index (χ0) is 19.5. The fourth-order valence-corrected chi connectivity index (χ4v) is 4.33. The van der Waals surface area contributed by atoms with E-state index in [9.17, 15) is 4.79 Å². The van der Waals surface area contributed by atoms with E-state index in [0.717, 1.165) is 34.9 Å². The van der Waals surface area contributed by atoms with Crippen LogP contribution in [0.1, 0.15) is 12.8 Å². The molecular weight excluding hydrogens is 376 g/mol. The monoisotopic (exact) mass is 398 g/mol. The maximum Gasteiger partial charge on any atom is 0.229 e. The largest absolute Gasteiger partial charge is 0.497 e.